The van der Waals surface area contributed by atoms with Gasteiger partial charge in [0.1, 0.15) is 0 Å². The van der Waals surface area contributed by atoms with E-state index >= 15 is 0 Å². The zero-order chi connectivity index (χ0) is 19.4. The van der Waals surface area contributed by atoms with E-state index in [1.54, 1.807) is 0 Å². The van der Waals surface area contributed by atoms with Gasteiger partial charge >= 0.3 is 7.12 Å². The first kappa shape index (κ1) is 18.9. The lowest BCUT2D eigenvalue weighted by Gasteiger charge is -2.32. The van der Waals surface area contributed by atoms with Crippen LogP contribution < -0.4 is 5.46 Å². The average molecular weight is 370 g/mol. The molecule has 2 aliphatic heterocycles. The van der Waals surface area contributed by atoms with E-state index in [9.17, 15) is 0 Å². The van der Waals surface area contributed by atoms with Gasteiger partial charge < -0.3 is 14.2 Å². The molecule has 2 fully saturated rings. The molecule has 2 aromatic rings. The molecule has 27 heavy (non-hydrogen) atoms. The van der Waals surface area contributed by atoms with Crippen molar-refractivity contribution in [1.82, 2.24) is 19.6 Å². The molecule has 0 bridgehead atoms. The molecule has 4 rings (SSSR count). The zero-order valence-corrected chi connectivity index (χ0v) is 17.5. The molecule has 3 heterocycles. The Kier molecular flexibility index (Phi) is 4.62. The molecule has 0 N–H and O–H groups in total. The SMILES string of the molecule is CN1CCN(Cc2nn(C)c3cc(B4OC(C)(C)C(C)(C)O4)ccc23)CC1. The molecule has 0 aliphatic carbocycles. The number of benzene rings is 1. The first-order valence-corrected chi connectivity index (χ1v) is 9.88. The van der Waals surface area contributed by atoms with Crippen LogP contribution in [0, 0.1) is 0 Å². The van der Waals surface area contributed by atoms with Gasteiger partial charge in [-0.25, -0.2) is 0 Å². The normalized spacial score (nSPS) is 23.4. The molecule has 2 saturated heterocycles. The van der Waals surface area contributed by atoms with Crippen molar-refractivity contribution in [3.63, 3.8) is 0 Å². The van der Waals surface area contributed by atoms with Gasteiger partial charge in [0.05, 0.1) is 22.4 Å². The van der Waals surface area contributed by atoms with Crippen molar-refractivity contribution in [3.8, 4) is 0 Å². The average Bonchev–Trinajstić information content (AvgIpc) is 3.02. The predicted octanol–water partition coefficient (Wildman–Crippen LogP) is 1.62. The molecule has 0 saturated carbocycles. The molecule has 0 amide bonds. The Labute approximate surface area is 162 Å². The van der Waals surface area contributed by atoms with Gasteiger partial charge in [-0.2, -0.15) is 5.10 Å². The Balaban J connectivity index is 1.58. The monoisotopic (exact) mass is 370 g/mol. The Bertz CT molecular complexity index is 824. The van der Waals surface area contributed by atoms with Crippen LogP contribution in [0.15, 0.2) is 18.2 Å². The maximum Gasteiger partial charge on any atom is 0.494 e. The summed E-state index contributed by atoms with van der Waals surface area (Å²) in [7, 11) is 3.87. The van der Waals surface area contributed by atoms with Crippen molar-refractivity contribution in [1.29, 1.82) is 0 Å². The van der Waals surface area contributed by atoms with Gasteiger partial charge in [-0.05, 0) is 46.3 Å². The molecule has 6 nitrogen and oxygen atoms in total. The number of aryl methyl sites for hydroxylation is 1. The number of nitrogens with zero attached hydrogens (tertiary/aromatic N) is 4. The molecule has 0 unspecified atom stereocenters. The lowest BCUT2D eigenvalue weighted by atomic mass is 9.79. The number of piperazine rings is 1. The van der Waals surface area contributed by atoms with Gasteiger partial charge in [0, 0.05) is 45.2 Å². The fraction of sp³-hybridized carbons (Fsp3) is 0.650. The van der Waals surface area contributed by atoms with E-state index in [0.717, 1.165) is 49.4 Å². The van der Waals surface area contributed by atoms with Crippen LogP contribution in [0.1, 0.15) is 33.4 Å². The third-order valence-electron chi connectivity index (χ3n) is 6.45. The Morgan fingerprint density at radius 1 is 1.00 bits per heavy atom. The minimum atomic E-state index is -0.338. The molecule has 0 spiro atoms. The maximum atomic E-state index is 6.21. The zero-order valence-electron chi connectivity index (χ0n) is 17.5. The fourth-order valence-corrected chi connectivity index (χ4v) is 3.81. The summed E-state index contributed by atoms with van der Waals surface area (Å²) in [6, 6.07) is 6.46. The Hall–Kier alpha value is -1.41. The Morgan fingerprint density at radius 3 is 2.26 bits per heavy atom. The largest absolute Gasteiger partial charge is 0.494 e. The summed E-state index contributed by atoms with van der Waals surface area (Å²) in [5.41, 5.74) is 2.68. The van der Waals surface area contributed by atoms with E-state index in [-0.39, 0.29) is 18.3 Å². The predicted molar refractivity (Wildman–Crippen MR) is 109 cm³/mol. The molecule has 0 atom stereocenters. The molecule has 1 aromatic carbocycles. The van der Waals surface area contributed by atoms with E-state index in [1.165, 1.54) is 5.39 Å². The molecule has 7 heteroatoms. The third-order valence-corrected chi connectivity index (χ3v) is 6.45. The van der Waals surface area contributed by atoms with Gasteiger partial charge in [0.25, 0.3) is 0 Å². The van der Waals surface area contributed by atoms with Crippen molar-refractivity contribution in [2.75, 3.05) is 33.2 Å². The second-order valence-corrected chi connectivity index (χ2v) is 9.01. The molecule has 0 radical (unpaired) electrons. The smallest absolute Gasteiger partial charge is 0.399 e. The van der Waals surface area contributed by atoms with Crippen LogP contribution in [0.25, 0.3) is 10.9 Å². The van der Waals surface area contributed by atoms with Crippen LogP contribution in [0.4, 0.5) is 0 Å². The minimum absolute atomic E-state index is 0.328. The van der Waals surface area contributed by atoms with Crippen molar-refractivity contribution in [2.45, 2.75) is 45.4 Å². The molecule has 1 aromatic heterocycles. The molecule has 2 aliphatic rings. The van der Waals surface area contributed by atoms with Crippen molar-refractivity contribution >= 4 is 23.5 Å². The molecular weight excluding hydrogens is 339 g/mol. The highest BCUT2D eigenvalue weighted by Gasteiger charge is 2.51. The van der Waals surface area contributed by atoms with Gasteiger partial charge in [0.15, 0.2) is 0 Å². The van der Waals surface area contributed by atoms with Crippen LogP contribution >= 0.6 is 0 Å². The van der Waals surface area contributed by atoms with Crippen LogP contribution in [-0.2, 0) is 22.9 Å². The van der Waals surface area contributed by atoms with Crippen molar-refractivity contribution in [2.24, 2.45) is 7.05 Å². The number of hydrogen-bond donors (Lipinski definition) is 0. The fourth-order valence-electron chi connectivity index (χ4n) is 3.81. The van der Waals surface area contributed by atoms with Crippen LogP contribution in [0.3, 0.4) is 0 Å². The molecule has 146 valence electrons. The van der Waals surface area contributed by atoms with Gasteiger partial charge in [-0.3, -0.25) is 9.58 Å². The van der Waals surface area contributed by atoms with E-state index in [1.807, 2.05) is 11.7 Å². The maximum absolute atomic E-state index is 6.21. The van der Waals surface area contributed by atoms with Crippen molar-refractivity contribution in [3.05, 3.63) is 23.9 Å². The quantitative estimate of drug-likeness (QED) is 0.769. The summed E-state index contributed by atoms with van der Waals surface area (Å²) in [5, 5.41) is 6.03. The number of rotatable bonds is 3. The second-order valence-electron chi connectivity index (χ2n) is 9.01. The first-order valence-electron chi connectivity index (χ1n) is 9.88. The van der Waals surface area contributed by atoms with E-state index < -0.39 is 0 Å². The highest BCUT2D eigenvalue weighted by molar-refractivity contribution is 6.62. The van der Waals surface area contributed by atoms with Gasteiger partial charge in [-0.1, -0.05) is 12.1 Å². The standard InChI is InChI=1S/C20H31BN4O2/c1-19(2)20(3,4)27-21(26-19)15-7-8-16-17(22-24(6)18(16)13-15)14-25-11-9-23(5)10-12-25/h7-8,13H,9-12,14H2,1-6H3. The number of aromatic nitrogens is 2. The van der Waals surface area contributed by atoms with E-state index in [2.05, 4.69) is 62.7 Å². The number of likely N-dealkylation sites (N-methyl/N-ethyl adjacent to an activating group) is 1. The van der Waals surface area contributed by atoms with Crippen LogP contribution in [-0.4, -0.2) is 71.1 Å². The van der Waals surface area contributed by atoms with Crippen LogP contribution in [0.5, 0.6) is 0 Å². The van der Waals surface area contributed by atoms with Gasteiger partial charge in [0.2, 0.25) is 0 Å². The summed E-state index contributed by atoms with van der Waals surface area (Å²) >= 11 is 0. The first-order chi connectivity index (χ1) is 12.7. The van der Waals surface area contributed by atoms with Gasteiger partial charge in [-0.15, -0.1) is 0 Å². The highest BCUT2D eigenvalue weighted by Crippen LogP contribution is 2.36. The van der Waals surface area contributed by atoms with Crippen molar-refractivity contribution < 1.29 is 9.31 Å². The van der Waals surface area contributed by atoms with E-state index in [4.69, 9.17) is 14.4 Å². The summed E-state index contributed by atoms with van der Waals surface area (Å²) in [5.74, 6) is 0. The second kappa shape index (κ2) is 6.59. The number of fused-ring (bicyclic) bond motifs is 1. The lowest BCUT2D eigenvalue weighted by molar-refractivity contribution is 0.00578. The summed E-state index contributed by atoms with van der Waals surface area (Å²) < 4.78 is 14.4. The van der Waals surface area contributed by atoms with Crippen LogP contribution in [0.2, 0.25) is 0 Å². The number of hydrogen-bond acceptors (Lipinski definition) is 5. The third kappa shape index (κ3) is 3.42. The minimum Gasteiger partial charge on any atom is -0.399 e. The topological polar surface area (TPSA) is 42.8 Å². The summed E-state index contributed by atoms with van der Waals surface area (Å²) in [4.78, 5) is 4.87. The molecular formula is C20H31BN4O2. The Morgan fingerprint density at radius 2 is 1.63 bits per heavy atom. The lowest BCUT2D eigenvalue weighted by Crippen LogP contribution is -2.43. The summed E-state index contributed by atoms with van der Waals surface area (Å²) in [6.45, 7) is 13.7. The van der Waals surface area contributed by atoms with E-state index in [0.29, 0.717) is 0 Å². The highest BCUT2D eigenvalue weighted by atomic mass is 16.7. The summed E-state index contributed by atoms with van der Waals surface area (Å²) in [6.07, 6.45) is 0.